The summed E-state index contributed by atoms with van der Waals surface area (Å²) in [7, 11) is 1.59. The highest BCUT2D eigenvalue weighted by Gasteiger charge is 2.26. The molecule has 36 heavy (non-hydrogen) atoms. The molecule has 3 amide bonds. The maximum absolute atomic E-state index is 13.0. The lowest BCUT2D eigenvalue weighted by molar-refractivity contribution is -0.115. The second kappa shape index (κ2) is 13.2. The van der Waals surface area contributed by atoms with Gasteiger partial charge in [-0.25, -0.2) is 9.79 Å². The number of nitrogens with one attached hydrogen (secondary N) is 3. The quantitative estimate of drug-likeness (QED) is 0.393. The lowest BCUT2D eigenvalue weighted by Gasteiger charge is -2.22. The van der Waals surface area contributed by atoms with Crippen LogP contribution in [0.4, 0.5) is 19.3 Å². The van der Waals surface area contributed by atoms with Gasteiger partial charge in [0.05, 0.1) is 7.11 Å². The molecule has 1 heterocycles. The molecule has 1 aliphatic rings. The lowest BCUT2D eigenvalue weighted by Crippen LogP contribution is -2.38. The van der Waals surface area contributed by atoms with Crippen LogP contribution in [0.2, 0.25) is 0 Å². The van der Waals surface area contributed by atoms with Crippen LogP contribution in [-0.2, 0) is 11.3 Å². The van der Waals surface area contributed by atoms with E-state index in [1.165, 1.54) is 24.3 Å². The molecule has 0 saturated heterocycles. The third-order valence-corrected chi connectivity index (χ3v) is 5.55. The molecule has 2 aromatic rings. The SMILES string of the molecule is CCCCC1CC=C(NC(=O)Nc2ccc(OC(F)F)cc2)N=C1C(=O)NCc1ccc(OC)cc1. The number of ether oxygens (including phenoxy) is 2. The number of anilines is 1. The van der Waals surface area contributed by atoms with E-state index in [9.17, 15) is 18.4 Å². The molecule has 0 saturated carbocycles. The van der Waals surface area contributed by atoms with Gasteiger partial charge in [-0.15, -0.1) is 0 Å². The monoisotopic (exact) mass is 500 g/mol. The van der Waals surface area contributed by atoms with Crippen LogP contribution in [0.1, 0.15) is 38.2 Å². The molecule has 0 bridgehead atoms. The van der Waals surface area contributed by atoms with Crippen LogP contribution in [-0.4, -0.2) is 31.4 Å². The highest BCUT2D eigenvalue weighted by Crippen LogP contribution is 2.23. The Bertz CT molecular complexity index is 1090. The fourth-order valence-electron chi connectivity index (χ4n) is 3.67. The minimum absolute atomic E-state index is 0.0148. The number of carbonyl (C=O) groups is 2. The van der Waals surface area contributed by atoms with Crippen molar-refractivity contribution in [3.63, 3.8) is 0 Å². The van der Waals surface area contributed by atoms with E-state index < -0.39 is 12.6 Å². The van der Waals surface area contributed by atoms with Gasteiger partial charge in [0.15, 0.2) is 0 Å². The van der Waals surface area contributed by atoms with Crippen LogP contribution in [0.3, 0.4) is 0 Å². The first-order valence-corrected chi connectivity index (χ1v) is 11.7. The Morgan fingerprint density at radius 3 is 2.39 bits per heavy atom. The van der Waals surface area contributed by atoms with Crippen LogP contribution in [0, 0.1) is 5.92 Å². The van der Waals surface area contributed by atoms with Crippen molar-refractivity contribution in [2.45, 2.75) is 45.8 Å². The number of amides is 3. The molecule has 192 valence electrons. The molecule has 1 unspecified atom stereocenters. The van der Waals surface area contributed by atoms with E-state index >= 15 is 0 Å². The number of urea groups is 1. The van der Waals surface area contributed by atoms with Crippen molar-refractivity contribution in [1.82, 2.24) is 10.6 Å². The second-order valence-electron chi connectivity index (χ2n) is 8.17. The van der Waals surface area contributed by atoms with E-state index in [0.717, 1.165) is 30.6 Å². The molecule has 2 aromatic carbocycles. The average molecular weight is 501 g/mol. The number of unbranched alkanes of at least 4 members (excludes halogenated alkanes) is 1. The largest absolute Gasteiger partial charge is 0.497 e. The normalized spacial score (nSPS) is 15.0. The van der Waals surface area contributed by atoms with E-state index in [2.05, 4.69) is 32.6 Å². The Hall–Kier alpha value is -3.95. The number of aliphatic imine (C=N–C) groups is 1. The molecule has 3 rings (SSSR count). The lowest BCUT2D eigenvalue weighted by atomic mass is 9.91. The van der Waals surface area contributed by atoms with Gasteiger partial charge in [0.25, 0.3) is 5.91 Å². The summed E-state index contributed by atoms with van der Waals surface area (Å²) in [5.74, 6) is 0.663. The number of alkyl halides is 2. The van der Waals surface area contributed by atoms with Crippen LogP contribution >= 0.6 is 0 Å². The number of hydrogen-bond acceptors (Lipinski definition) is 5. The van der Waals surface area contributed by atoms with Crippen molar-refractivity contribution in [3.8, 4) is 11.5 Å². The third-order valence-electron chi connectivity index (χ3n) is 5.55. The zero-order valence-electron chi connectivity index (χ0n) is 20.2. The van der Waals surface area contributed by atoms with Gasteiger partial charge in [0.2, 0.25) is 0 Å². The molecule has 0 spiro atoms. The highest BCUT2D eigenvalue weighted by atomic mass is 19.3. The first-order valence-electron chi connectivity index (χ1n) is 11.7. The summed E-state index contributed by atoms with van der Waals surface area (Å²) < 4.78 is 34.0. The molecular formula is C26H30F2N4O4. The summed E-state index contributed by atoms with van der Waals surface area (Å²) in [6.45, 7) is -0.504. The van der Waals surface area contributed by atoms with Crippen molar-refractivity contribution < 1.29 is 27.8 Å². The Balaban J connectivity index is 1.62. The Morgan fingerprint density at radius 1 is 1.06 bits per heavy atom. The summed E-state index contributed by atoms with van der Waals surface area (Å²) in [5.41, 5.74) is 1.68. The Labute approximate surface area is 208 Å². The number of halogens is 2. The number of methoxy groups -OCH3 is 1. The Kier molecular flexibility index (Phi) is 9.79. The van der Waals surface area contributed by atoms with Crippen LogP contribution in [0.15, 0.2) is 65.4 Å². The van der Waals surface area contributed by atoms with Crippen LogP contribution in [0.5, 0.6) is 11.5 Å². The van der Waals surface area contributed by atoms with Crippen LogP contribution < -0.4 is 25.4 Å². The van der Waals surface area contributed by atoms with Gasteiger partial charge < -0.3 is 20.1 Å². The van der Waals surface area contributed by atoms with Gasteiger partial charge in [-0.3, -0.25) is 10.1 Å². The first kappa shape index (κ1) is 26.7. The molecule has 10 heteroatoms. The minimum atomic E-state index is -2.92. The summed E-state index contributed by atoms with van der Waals surface area (Å²) >= 11 is 0. The molecule has 1 atom stereocenters. The summed E-state index contributed by atoms with van der Waals surface area (Å²) in [6, 6.07) is 12.4. The second-order valence-corrected chi connectivity index (χ2v) is 8.17. The van der Waals surface area contributed by atoms with Crippen molar-refractivity contribution in [2.24, 2.45) is 10.9 Å². The number of allylic oxidation sites excluding steroid dienone is 1. The van der Waals surface area contributed by atoms with E-state index in [1.54, 1.807) is 13.2 Å². The van der Waals surface area contributed by atoms with Crippen LogP contribution in [0.25, 0.3) is 0 Å². The van der Waals surface area contributed by atoms with Gasteiger partial charge in [-0.2, -0.15) is 8.78 Å². The summed E-state index contributed by atoms with van der Waals surface area (Å²) in [5, 5.41) is 8.16. The third kappa shape index (κ3) is 8.07. The zero-order chi connectivity index (χ0) is 25.9. The number of benzene rings is 2. The molecule has 0 aromatic heterocycles. The van der Waals surface area contributed by atoms with Crippen molar-refractivity contribution in [2.75, 3.05) is 12.4 Å². The zero-order valence-corrected chi connectivity index (χ0v) is 20.2. The number of carbonyl (C=O) groups excluding carboxylic acids is 2. The van der Waals surface area contributed by atoms with Gasteiger partial charge in [0, 0.05) is 18.2 Å². The first-order chi connectivity index (χ1) is 17.4. The standard InChI is InChI=1S/C26H30F2N4O4/c1-3-4-5-18-8-15-22(32-26(34)30-19-9-13-21(14-10-19)36-25(27)28)31-23(18)24(33)29-16-17-6-11-20(35-2)12-7-17/h6-7,9-15,18,25H,3-5,8,16H2,1-2H3,(H,29,33)(H2,30,32,34). The van der Waals surface area contributed by atoms with Gasteiger partial charge >= 0.3 is 12.6 Å². The van der Waals surface area contributed by atoms with Crippen molar-refractivity contribution in [3.05, 3.63) is 66.0 Å². The maximum Gasteiger partial charge on any atom is 0.387 e. The van der Waals surface area contributed by atoms with Crippen molar-refractivity contribution in [1.29, 1.82) is 0 Å². The average Bonchev–Trinajstić information content (AvgIpc) is 2.87. The minimum Gasteiger partial charge on any atom is -0.497 e. The highest BCUT2D eigenvalue weighted by molar-refractivity contribution is 6.40. The number of hydrogen-bond donors (Lipinski definition) is 3. The van der Waals surface area contributed by atoms with Gasteiger partial charge in [-0.1, -0.05) is 31.9 Å². The molecule has 0 aliphatic carbocycles. The fraction of sp³-hybridized carbons (Fsp3) is 0.346. The molecule has 0 fully saturated rings. The van der Waals surface area contributed by atoms with E-state index in [4.69, 9.17) is 4.74 Å². The predicted octanol–water partition coefficient (Wildman–Crippen LogP) is 5.23. The van der Waals surface area contributed by atoms with Gasteiger partial charge in [-0.05, 0) is 60.9 Å². The number of rotatable bonds is 11. The van der Waals surface area contributed by atoms with E-state index in [-0.39, 0.29) is 23.4 Å². The molecule has 1 aliphatic heterocycles. The van der Waals surface area contributed by atoms with Crippen molar-refractivity contribution >= 4 is 23.3 Å². The number of nitrogens with zero attached hydrogens (tertiary/aromatic N) is 1. The molecule has 3 N–H and O–H groups in total. The summed E-state index contributed by atoms with van der Waals surface area (Å²) in [6.07, 6.45) is 5.13. The summed E-state index contributed by atoms with van der Waals surface area (Å²) in [4.78, 5) is 29.9. The maximum atomic E-state index is 13.0. The molecule has 8 nitrogen and oxygen atoms in total. The Morgan fingerprint density at radius 2 is 1.75 bits per heavy atom. The van der Waals surface area contributed by atoms with E-state index in [1.807, 2.05) is 24.3 Å². The predicted molar refractivity (Wildman–Crippen MR) is 133 cm³/mol. The molecular weight excluding hydrogens is 470 g/mol. The molecule has 0 radical (unpaired) electrons. The topological polar surface area (TPSA) is 101 Å². The van der Waals surface area contributed by atoms with E-state index in [0.29, 0.717) is 24.4 Å². The van der Waals surface area contributed by atoms with Gasteiger partial charge in [0.1, 0.15) is 23.0 Å². The fourth-order valence-corrected chi connectivity index (χ4v) is 3.67. The smallest absolute Gasteiger partial charge is 0.387 e.